The summed E-state index contributed by atoms with van der Waals surface area (Å²) < 4.78 is 26.7. The molecule has 0 spiro atoms. The lowest BCUT2D eigenvalue weighted by molar-refractivity contribution is 0.102. The number of anilines is 2. The van der Waals surface area contributed by atoms with Crippen LogP contribution in [-0.2, 0) is 13.0 Å². The lowest BCUT2D eigenvalue weighted by Crippen LogP contribution is -2.13. The highest BCUT2D eigenvalue weighted by atomic mass is 19.1. The van der Waals surface area contributed by atoms with Crippen LogP contribution in [0.3, 0.4) is 0 Å². The molecular formula is C22H20F2N2O. The molecule has 138 valence electrons. The Hall–Kier alpha value is -3.21. The van der Waals surface area contributed by atoms with Gasteiger partial charge in [-0.1, -0.05) is 37.3 Å². The van der Waals surface area contributed by atoms with Crippen molar-refractivity contribution in [2.24, 2.45) is 0 Å². The van der Waals surface area contributed by atoms with Gasteiger partial charge in [-0.15, -0.1) is 0 Å². The van der Waals surface area contributed by atoms with E-state index in [1.54, 1.807) is 18.2 Å². The van der Waals surface area contributed by atoms with Gasteiger partial charge in [-0.3, -0.25) is 4.79 Å². The van der Waals surface area contributed by atoms with Crippen molar-refractivity contribution in [3.63, 3.8) is 0 Å². The third kappa shape index (κ3) is 4.70. The van der Waals surface area contributed by atoms with E-state index in [9.17, 15) is 13.6 Å². The van der Waals surface area contributed by atoms with Gasteiger partial charge in [0.25, 0.3) is 5.91 Å². The fraction of sp³-hybridized carbons (Fsp3) is 0.136. The summed E-state index contributed by atoms with van der Waals surface area (Å²) in [6, 6.07) is 18.2. The molecule has 5 heteroatoms. The number of amides is 1. The molecule has 0 radical (unpaired) electrons. The van der Waals surface area contributed by atoms with Crippen LogP contribution in [0.4, 0.5) is 20.2 Å². The largest absolute Gasteiger partial charge is 0.381 e. The van der Waals surface area contributed by atoms with Gasteiger partial charge in [0.2, 0.25) is 0 Å². The highest BCUT2D eigenvalue weighted by Gasteiger charge is 2.11. The quantitative estimate of drug-likeness (QED) is 0.614. The number of rotatable bonds is 6. The third-order valence-corrected chi connectivity index (χ3v) is 4.25. The molecule has 3 rings (SSSR count). The van der Waals surface area contributed by atoms with Crippen LogP contribution in [-0.4, -0.2) is 5.91 Å². The second-order valence-electron chi connectivity index (χ2n) is 6.14. The third-order valence-electron chi connectivity index (χ3n) is 4.25. The first-order chi connectivity index (χ1) is 13.1. The Balaban J connectivity index is 1.70. The molecule has 0 saturated heterocycles. The number of nitrogens with one attached hydrogen (secondary N) is 2. The SMILES string of the molecule is CCc1ccccc1NCc1cccc(C(=O)Nc2ccc(F)cc2F)c1. The molecular weight excluding hydrogens is 346 g/mol. The van der Waals surface area contributed by atoms with Crippen LogP contribution in [0, 0.1) is 11.6 Å². The highest BCUT2D eigenvalue weighted by molar-refractivity contribution is 6.04. The maximum atomic E-state index is 13.7. The topological polar surface area (TPSA) is 41.1 Å². The molecule has 0 aliphatic heterocycles. The minimum absolute atomic E-state index is 0.0539. The summed E-state index contributed by atoms with van der Waals surface area (Å²) >= 11 is 0. The molecule has 2 N–H and O–H groups in total. The molecule has 0 heterocycles. The van der Waals surface area contributed by atoms with Gasteiger partial charge < -0.3 is 10.6 Å². The van der Waals surface area contributed by atoms with E-state index in [0.29, 0.717) is 12.1 Å². The molecule has 0 bridgehead atoms. The van der Waals surface area contributed by atoms with Crippen molar-refractivity contribution in [3.8, 4) is 0 Å². The minimum atomic E-state index is -0.808. The van der Waals surface area contributed by atoms with Crippen molar-refractivity contribution in [1.82, 2.24) is 0 Å². The fourth-order valence-electron chi connectivity index (χ4n) is 2.81. The van der Waals surface area contributed by atoms with Crippen molar-refractivity contribution in [1.29, 1.82) is 0 Å². The number of hydrogen-bond donors (Lipinski definition) is 2. The van der Waals surface area contributed by atoms with Gasteiger partial charge in [-0.2, -0.15) is 0 Å². The van der Waals surface area contributed by atoms with E-state index in [-0.39, 0.29) is 5.69 Å². The van der Waals surface area contributed by atoms with Crippen LogP contribution < -0.4 is 10.6 Å². The van der Waals surface area contributed by atoms with E-state index in [4.69, 9.17) is 0 Å². The number of benzene rings is 3. The molecule has 0 aromatic heterocycles. The Labute approximate surface area is 157 Å². The average Bonchev–Trinajstić information content (AvgIpc) is 2.69. The van der Waals surface area contributed by atoms with Gasteiger partial charge in [0.1, 0.15) is 11.6 Å². The minimum Gasteiger partial charge on any atom is -0.381 e. The predicted octanol–water partition coefficient (Wildman–Crippen LogP) is 5.39. The average molecular weight is 366 g/mol. The van der Waals surface area contributed by atoms with Gasteiger partial charge >= 0.3 is 0 Å². The zero-order chi connectivity index (χ0) is 19.2. The van der Waals surface area contributed by atoms with E-state index in [1.807, 2.05) is 24.3 Å². The van der Waals surface area contributed by atoms with Gasteiger partial charge in [-0.05, 0) is 47.9 Å². The first-order valence-corrected chi connectivity index (χ1v) is 8.74. The van der Waals surface area contributed by atoms with E-state index in [0.717, 1.165) is 29.8 Å². The summed E-state index contributed by atoms with van der Waals surface area (Å²) in [5, 5.41) is 5.85. The molecule has 3 nitrogen and oxygen atoms in total. The van der Waals surface area contributed by atoms with Crippen LogP contribution >= 0.6 is 0 Å². The van der Waals surface area contributed by atoms with Crippen LogP contribution in [0.25, 0.3) is 0 Å². The maximum Gasteiger partial charge on any atom is 0.255 e. The summed E-state index contributed by atoms with van der Waals surface area (Å²) in [5.74, 6) is -1.94. The van der Waals surface area contributed by atoms with Gasteiger partial charge in [0, 0.05) is 23.9 Å². The zero-order valence-electron chi connectivity index (χ0n) is 14.9. The number of carbonyl (C=O) groups is 1. The Morgan fingerprint density at radius 2 is 1.74 bits per heavy atom. The lowest BCUT2D eigenvalue weighted by Gasteiger charge is -2.12. The van der Waals surface area contributed by atoms with Crippen molar-refractivity contribution in [2.75, 3.05) is 10.6 Å². The second-order valence-corrected chi connectivity index (χ2v) is 6.14. The Morgan fingerprint density at radius 1 is 0.926 bits per heavy atom. The number of aryl methyl sites for hydroxylation is 1. The highest BCUT2D eigenvalue weighted by Crippen LogP contribution is 2.18. The number of halogens is 2. The van der Waals surface area contributed by atoms with Crippen LogP contribution in [0.2, 0.25) is 0 Å². The molecule has 0 saturated carbocycles. The first kappa shape index (κ1) is 18.6. The van der Waals surface area contributed by atoms with E-state index >= 15 is 0 Å². The molecule has 0 fully saturated rings. The standard InChI is InChI=1S/C22H20F2N2O/c1-2-16-7-3-4-9-20(16)25-14-15-6-5-8-17(12-15)22(27)26-21-11-10-18(23)13-19(21)24/h3-13,25H,2,14H2,1H3,(H,26,27). The van der Waals surface area contributed by atoms with Crippen LogP contribution in [0.5, 0.6) is 0 Å². The van der Waals surface area contributed by atoms with Crippen molar-refractivity contribution in [2.45, 2.75) is 19.9 Å². The van der Waals surface area contributed by atoms with Gasteiger partial charge in [0.15, 0.2) is 0 Å². The summed E-state index contributed by atoms with van der Waals surface area (Å²) in [6.45, 7) is 2.66. The Bertz CT molecular complexity index is 957. The first-order valence-electron chi connectivity index (χ1n) is 8.74. The lowest BCUT2D eigenvalue weighted by atomic mass is 10.1. The van der Waals surface area contributed by atoms with Crippen molar-refractivity contribution < 1.29 is 13.6 Å². The second kappa shape index (κ2) is 8.45. The Kier molecular flexibility index (Phi) is 5.81. The van der Waals surface area contributed by atoms with Crippen LogP contribution in [0.1, 0.15) is 28.4 Å². The van der Waals surface area contributed by atoms with E-state index < -0.39 is 17.5 Å². The molecule has 0 unspecified atom stereocenters. The van der Waals surface area contributed by atoms with Crippen molar-refractivity contribution in [3.05, 3.63) is 95.1 Å². The molecule has 0 atom stereocenters. The number of carbonyl (C=O) groups excluding carboxylic acids is 1. The summed E-state index contributed by atoms with van der Waals surface area (Å²) in [4.78, 5) is 12.4. The van der Waals surface area contributed by atoms with E-state index in [2.05, 4.69) is 23.6 Å². The monoisotopic (exact) mass is 366 g/mol. The van der Waals surface area contributed by atoms with Gasteiger partial charge in [0.05, 0.1) is 5.69 Å². The van der Waals surface area contributed by atoms with E-state index in [1.165, 1.54) is 11.6 Å². The summed E-state index contributed by atoms with van der Waals surface area (Å²) in [5.41, 5.74) is 3.55. The maximum absolute atomic E-state index is 13.7. The Morgan fingerprint density at radius 3 is 2.52 bits per heavy atom. The molecule has 1 amide bonds. The predicted molar refractivity (Wildman–Crippen MR) is 104 cm³/mol. The molecule has 0 aliphatic rings. The molecule has 3 aromatic carbocycles. The summed E-state index contributed by atoms with van der Waals surface area (Å²) in [6.07, 6.45) is 0.925. The van der Waals surface area contributed by atoms with Gasteiger partial charge in [-0.25, -0.2) is 8.78 Å². The number of para-hydroxylation sites is 1. The molecule has 3 aromatic rings. The molecule has 27 heavy (non-hydrogen) atoms. The zero-order valence-corrected chi connectivity index (χ0v) is 14.9. The molecule has 0 aliphatic carbocycles. The number of hydrogen-bond acceptors (Lipinski definition) is 2. The van der Waals surface area contributed by atoms with Crippen molar-refractivity contribution >= 4 is 17.3 Å². The van der Waals surface area contributed by atoms with Crippen LogP contribution in [0.15, 0.2) is 66.7 Å². The summed E-state index contributed by atoms with van der Waals surface area (Å²) in [7, 11) is 0. The normalized spacial score (nSPS) is 10.5. The smallest absolute Gasteiger partial charge is 0.255 e. The fourth-order valence-corrected chi connectivity index (χ4v) is 2.81.